The molecule has 0 aliphatic heterocycles. The molecular weight excluding hydrogens is 474 g/mol. The van der Waals surface area contributed by atoms with Crippen LogP contribution in [0.3, 0.4) is 0 Å². The minimum atomic E-state index is -5.08. The molecule has 2 atom stereocenters. The topological polar surface area (TPSA) is 147 Å². The summed E-state index contributed by atoms with van der Waals surface area (Å²) in [5, 5.41) is 21.8. The van der Waals surface area contributed by atoms with Crippen LogP contribution in [0.5, 0.6) is 0 Å². The molecule has 2 aromatic carbocycles. The fourth-order valence-electron chi connectivity index (χ4n) is 6.72. The fraction of sp³-hybridized carbons (Fsp3) is 0.500. The molecule has 11 heteroatoms. The van der Waals surface area contributed by atoms with Crippen molar-refractivity contribution in [1.29, 1.82) is 0 Å². The van der Waals surface area contributed by atoms with Crippen molar-refractivity contribution < 1.29 is 32.5 Å². The number of esters is 1. The van der Waals surface area contributed by atoms with Gasteiger partial charge in [0.2, 0.25) is 0 Å². The summed E-state index contributed by atoms with van der Waals surface area (Å²) >= 11 is 5.89. The number of hydrogen-bond acceptors (Lipinski definition) is 8. The number of fused-ring (bicyclic) bond motifs is 1. The lowest BCUT2D eigenvalue weighted by atomic mass is 9.48. The molecule has 0 radical (unpaired) electrons. The van der Waals surface area contributed by atoms with E-state index in [0.717, 1.165) is 56.4 Å². The summed E-state index contributed by atoms with van der Waals surface area (Å²) in [6.45, 7) is 0.0569. The number of nitrogens with zero attached hydrogens (tertiary/aromatic N) is 1. The van der Waals surface area contributed by atoms with Crippen LogP contribution in [0.1, 0.15) is 48.9 Å². The van der Waals surface area contributed by atoms with E-state index in [-0.39, 0.29) is 33.4 Å². The molecular formula is C22H21ClNO8S-. The average Bonchev–Trinajstić information content (AvgIpc) is 2.68. The first-order valence-corrected chi connectivity index (χ1v) is 12.4. The van der Waals surface area contributed by atoms with Crippen LogP contribution in [-0.2, 0) is 14.9 Å². The molecule has 4 fully saturated rings. The highest BCUT2D eigenvalue weighted by atomic mass is 35.5. The molecule has 4 aliphatic rings. The Morgan fingerprint density at radius 3 is 2.39 bits per heavy atom. The molecule has 0 aromatic heterocycles. The number of benzene rings is 2. The SMILES string of the molecule is O=C(OCC12CC3CC(CC(O)(C3)C1)C2)c1cc(S(=O)(=O)[O-])c2cc(Cl)cc([N+](=O)[O-])c2c1. The van der Waals surface area contributed by atoms with Gasteiger partial charge in [0.15, 0.2) is 0 Å². The summed E-state index contributed by atoms with van der Waals surface area (Å²) < 4.78 is 41.2. The lowest BCUT2D eigenvalue weighted by Gasteiger charge is -2.59. The van der Waals surface area contributed by atoms with Crippen molar-refractivity contribution in [3.63, 3.8) is 0 Å². The Labute approximate surface area is 194 Å². The van der Waals surface area contributed by atoms with Crippen molar-refractivity contribution in [3.05, 3.63) is 45.0 Å². The molecule has 0 amide bonds. The third-order valence-corrected chi connectivity index (χ3v) is 8.43. The largest absolute Gasteiger partial charge is 0.744 e. The second kappa shape index (κ2) is 7.36. The molecule has 2 aromatic rings. The zero-order chi connectivity index (χ0) is 23.8. The Bertz CT molecular complexity index is 1290. The molecule has 1 N–H and O–H groups in total. The van der Waals surface area contributed by atoms with E-state index < -0.39 is 37.2 Å². The first-order chi connectivity index (χ1) is 15.4. The predicted octanol–water partition coefficient (Wildman–Crippen LogP) is 3.79. The van der Waals surface area contributed by atoms with E-state index in [2.05, 4.69) is 0 Å². The van der Waals surface area contributed by atoms with Gasteiger partial charge >= 0.3 is 5.97 Å². The van der Waals surface area contributed by atoms with Gasteiger partial charge in [-0.05, 0) is 68.6 Å². The van der Waals surface area contributed by atoms with Crippen molar-refractivity contribution in [2.45, 2.75) is 49.0 Å². The standard InChI is InChI=1S/C22H22ClNO8S/c23-15-4-17-16(18(5-15)24(27)28)2-14(3-19(17)33(29,30)31)20(25)32-11-21-6-12-1-13(7-21)9-22(26,8-12)10-21/h2-5,12-13,26H,1,6-11H2,(H,29,30,31)/p-1. The number of hydrogen-bond donors (Lipinski definition) is 1. The second-order valence-corrected chi connectivity index (χ2v) is 11.8. The van der Waals surface area contributed by atoms with Gasteiger partial charge in [0.25, 0.3) is 5.69 Å². The van der Waals surface area contributed by atoms with Crippen LogP contribution >= 0.6 is 11.6 Å². The zero-order valence-electron chi connectivity index (χ0n) is 17.5. The molecule has 4 aliphatic carbocycles. The number of non-ortho nitro benzene ring substituents is 1. The minimum absolute atomic E-state index is 0.0569. The maximum Gasteiger partial charge on any atom is 0.338 e. The van der Waals surface area contributed by atoms with Crippen LogP contribution < -0.4 is 0 Å². The van der Waals surface area contributed by atoms with Gasteiger partial charge in [-0.15, -0.1) is 0 Å². The van der Waals surface area contributed by atoms with E-state index in [1.54, 1.807) is 0 Å². The van der Waals surface area contributed by atoms with Gasteiger partial charge in [-0.3, -0.25) is 10.1 Å². The van der Waals surface area contributed by atoms with E-state index in [4.69, 9.17) is 16.3 Å². The monoisotopic (exact) mass is 494 g/mol. The Balaban J connectivity index is 1.50. The Hall–Kier alpha value is -2.27. The Morgan fingerprint density at radius 2 is 1.82 bits per heavy atom. The van der Waals surface area contributed by atoms with E-state index in [0.29, 0.717) is 18.3 Å². The van der Waals surface area contributed by atoms with E-state index in [9.17, 15) is 33.0 Å². The van der Waals surface area contributed by atoms with Gasteiger partial charge in [-0.2, -0.15) is 0 Å². The molecule has 0 spiro atoms. The Kier molecular flexibility index (Phi) is 5.02. The van der Waals surface area contributed by atoms with Crippen LogP contribution in [0.4, 0.5) is 5.69 Å². The lowest BCUT2D eigenvalue weighted by Crippen LogP contribution is -2.57. The van der Waals surface area contributed by atoms with Crippen molar-refractivity contribution in [3.8, 4) is 0 Å². The number of aliphatic hydroxyl groups is 1. The normalized spacial score (nSPS) is 30.5. The van der Waals surface area contributed by atoms with Crippen molar-refractivity contribution in [2.24, 2.45) is 17.3 Å². The van der Waals surface area contributed by atoms with Crippen molar-refractivity contribution in [1.82, 2.24) is 0 Å². The van der Waals surface area contributed by atoms with Crippen molar-refractivity contribution >= 4 is 44.1 Å². The number of halogens is 1. The quantitative estimate of drug-likeness (QED) is 0.285. The molecule has 4 saturated carbocycles. The molecule has 0 saturated heterocycles. The maximum atomic E-state index is 12.9. The lowest BCUT2D eigenvalue weighted by molar-refractivity contribution is -0.383. The molecule has 33 heavy (non-hydrogen) atoms. The minimum Gasteiger partial charge on any atom is -0.744 e. The van der Waals surface area contributed by atoms with Gasteiger partial charge in [0, 0.05) is 21.9 Å². The number of nitro benzene ring substituents is 1. The first kappa shape index (κ1) is 22.5. The van der Waals surface area contributed by atoms with Crippen LogP contribution in [0.25, 0.3) is 10.8 Å². The van der Waals surface area contributed by atoms with Gasteiger partial charge < -0.3 is 14.4 Å². The maximum absolute atomic E-state index is 12.9. The molecule has 6 rings (SSSR count). The highest BCUT2D eigenvalue weighted by Gasteiger charge is 2.57. The van der Waals surface area contributed by atoms with Gasteiger partial charge in [-0.25, -0.2) is 13.2 Å². The van der Waals surface area contributed by atoms with Crippen molar-refractivity contribution in [2.75, 3.05) is 6.61 Å². The summed E-state index contributed by atoms with van der Waals surface area (Å²) in [4.78, 5) is 22.9. The molecule has 2 unspecified atom stereocenters. The smallest absolute Gasteiger partial charge is 0.338 e. The van der Waals surface area contributed by atoms with Crippen LogP contribution in [0.15, 0.2) is 29.2 Å². The second-order valence-electron chi connectivity index (χ2n) is 9.97. The van der Waals surface area contributed by atoms with Crippen LogP contribution in [0, 0.1) is 27.4 Å². The van der Waals surface area contributed by atoms with Gasteiger partial charge in [-0.1, -0.05) is 11.6 Å². The zero-order valence-corrected chi connectivity index (χ0v) is 19.0. The first-order valence-electron chi connectivity index (χ1n) is 10.6. The molecule has 0 heterocycles. The summed E-state index contributed by atoms with van der Waals surface area (Å²) in [5.41, 5.74) is -1.87. The summed E-state index contributed by atoms with van der Waals surface area (Å²) in [6, 6.07) is 4.19. The predicted molar refractivity (Wildman–Crippen MR) is 116 cm³/mol. The van der Waals surface area contributed by atoms with E-state index in [1.165, 1.54) is 0 Å². The molecule has 9 nitrogen and oxygen atoms in total. The highest BCUT2D eigenvalue weighted by Crippen LogP contribution is 2.61. The third kappa shape index (κ3) is 3.99. The van der Waals surface area contributed by atoms with Gasteiger partial charge in [0.1, 0.15) is 10.1 Å². The third-order valence-electron chi connectivity index (χ3n) is 7.34. The summed E-state index contributed by atoms with van der Waals surface area (Å²) in [5.74, 6) is -0.103. The Morgan fingerprint density at radius 1 is 1.15 bits per heavy atom. The number of nitro groups is 1. The summed E-state index contributed by atoms with van der Waals surface area (Å²) in [6.07, 6.45) is 4.84. The number of ether oxygens (including phenoxy) is 1. The van der Waals surface area contributed by atoms with E-state index >= 15 is 0 Å². The molecule has 176 valence electrons. The number of carbonyl (C=O) groups excluding carboxylic acids is 1. The number of carbonyl (C=O) groups is 1. The van der Waals surface area contributed by atoms with Crippen LogP contribution in [0.2, 0.25) is 5.02 Å². The molecule has 4 bridgehead atoms. The van der Waals surface area contributed by atoms with Gasteiger partial charge in [0.05, 0.1) is 33.0 Å². The number of rotatable bonds is 5. The highest BCUT2D eigenvalue weighted by molar-refractivity contribution is 7.86. The fourth-order valence-corrected chi connectivity index (χ4v) is 7.65. The van der Waals surface area contributed by atoms with E-state index in [1.807, 2.05) is 0 Å². The van der Waals surface area contributed by atoms with Crippen LogP contribution in [-0.4, -0.2) is 41.2 Å². The summed E-state index contributed by atoms with van der Waals surface area (Å²) in [7, 11) is -5.08. The average molecular weight is 495 g/mol.